The lowest BCUT2D eigenvalue weighted by atomic mass is 9.78. The van der Waals surface area contributed by atoms with Crippen LogP contribution in [0.1, 0.15) is 16.8 Å². The predicted octanol–water partition coefficient (Wildman–Crippen LogP) is 1.32. The molecule has 156 valence electrons. The quantitative estimate of drug-likeness (QED) is 0.419. The molecule has 5 rings (SSSR count). The summed E-state index contributed by atoms with van der Waals surface area (Å²) in [6, 6.07) is 11.6. The van der Waals surface area contributed by atoms with Gasteiger partial charge in [-0.15, -0.1) is 0 Å². The van der Waals surface area contributed by atoms with Gasteiger partial charge in [-0.25, -0.2) is 9.37 Å². The lowest BCUT2D eigenvalue weighted by molar-refractivity contribution is 0.109. The molecule has 0 saturated heterocycles. The largest absolute Gasteiger partial charge is 0.489 e. The average Bonchev–Trinajstić information content (AvgIpc) is 3.21. The fraction of sp³-hybridized carbons (Fsp3) is 0.190. The molecule has 0 unspecified atom stereocenters. The molecule has 0 saturated carbocycles. The minimum absolute atomic E-state index is 0.294. The van der Waals surface area contributed by atoms with Gasteiger partial charge in [0.15, 0.2) is 0 Å². The summed E-state index contributed by atoms with van der Waals surface area (Å²) in [7, 11) is -1.61. The van der Waals surface area contributed by atoms with E-state index >= 15 is 0 Å². The third-order valence-corrected chi connectivity index (χ3v) is 5.27. The highest BCUT2D eigenvalue weighted by atomic mass is 19.1. The maximum atomic E-state index is 13.5. The molecule has 0 amide bonds. The van der Waals surface area contributed by atoms with Crippen molar-refractivity contribution in [3.63, 3.8) is 0 Å². The average molecular weight is 419 g/mol. The van der Waals surface area contributed by atoms with Crippen LogP contribution in [0.4, 0.5) is 10.2 Å². The van der Waals surface area contributed by atoms with E-state index in [1.165, 1.54) is 12.1 Å². The Morgan fingerprint density at radius 3 is 2.87 bits per heavy atom. The van der Waals surface area contributed by atoms with Gasteiger partial charge < -0.3 is 20.1 Å². The predicted molar refractivity (Wildman–Crippen MR) is 114 cm³/mol. The Morgan fingerprint density at radius 1 is 1.16 bits per heavy atom. The summed E-state index contributed by atoms with van der Waals surface area (Å²) in [5.41, 5.74) is 3.54. The Labute approximate surface area is 177 Å². The van der Waals surface area contributed by atoms with Crippen molar-refractivity contribution in [3.05, 3.63) is 71.3 Å². The zero-order valence-electron chi connectivity index (χ0n) is 16.5. The van der Waals surface area contributed by atoms with E-state index in [9.17, 15) is 14.4 Å². The number of benzene rings is 2. The van der Waals surface area contributed by atoms with Crippen molar-refractivity contribution in [1.29, 1.82) is 0 Å². The Bertz CT molecular complexity index is 1260. The van der Waals surface area contributed by atoms with Gasteiger partial charge in [0.2, 0.25) is 0 Å². The fourth-order valence-corrected chi connectivity index (χ4v) is 3.75. The Balaban J connectivity index is 1.56. The molecular formula is C21H19BFN5O3. The second-order valence-corrected chi connectivity index (χ2v) is 7.29. The van der Waals surface area contributed by atoms with Gasteiger partial charge in [0.05, 0.1) is 30.6 Å². The van der Waals surface area contributed by atoms with Gasteiger partial charge in [-0.2, -0.15) is 14.8 Å². The van der Waals surface area contributed by atoms with Crippen LogP contribution in [0.3, 0.4) is 0 Å². The molecule has 0 bridgehead atoms. The molecule has 2 aromatic carbocycles. The summed E-state index contributed by atoms with van der Waals surface area (Å²) in [6.45, 7) is 1.34. The summed E-state index contributed by atoms with van der Waals surface area (Å²) < 4.78 is 20.7. The first-order valence-corrected chi connectivity index (χ1v) is 9.89. The molecule has 3 N–H and O–H groups in total. The van der Waals surface area contributed by atoms with E-state index in [0.717, 1.165) is 16.8 Å². The molecule has 31 heavy (non-hydrogen) atoms. The number of anilines is 1. The Kier molecular flexibility index (Phi) is 5.10. The van der Waals surface area contributed by atoms with Crippen LogP contribution in [-0.4, -0.2) is 43.5 Å². The highest BCUT2D eigenvalue weighted by molar-refractivity contribution is 6.61. The standard InChI is InChI=1S/C21H19BFN5O3/c23-14-4-1-3-13(9-14)10-24-20-16-12-31-8-7-18(16)26-21(27-20)28-19-6-2-5-17(22(29)30)15(19)11-25-28/h1-6,9,11,29-30H,7-8,10,12H2,(H,24,26,27). The minimum atomic E-state index is -1.61. The zero-order valence-corrected chi connectivity index (χ0v) is 16.5. The molecule has 3 heterocycles. The van der Waals surface area contributed by atoms with Crippen molar-refractivity contribution >= 4 is 29.3 Å². The summed E-state index contributed by atoms with van der Waals surface area (Å²) in [5.74, 6) is 0.672. The number of aromatic nitrogens is 4. The molecule has 2 aromatic heterocycles. The van der Waals surface area contributed by atoms with E-state index in [-0.39, 0.29) is 5.82 Å². The second-order valence-electron chi connectivity index (χ2n) is 7.29. The van der Waals surface area contributed by atoms with Gasteiger partial charge in [0.1, 0.15) is 11.6 Å². The molecule has 1 aliphatic rings. The van der Waals surface area contributed by atoms with Gasteiger partial charge >= 0.3 is 7.12 Å². The van der Waals surface area contributed by atoms with E-state index < -0.39 is 7.12 Å². The fourth-order valence-electron chi connectivity index (χ4n) is 3.75. The number of rotatable bonds is 5. The van der Waals surface area contributed by atoms with Crippen LogP contribution in [0.25, 0.3) is 16.9 Å². The van der Waals surface area contributed by atoms with Gasteiger partial charge in [-0.1, -0.05) is 24.3 Å². The summed E-state index contributed by atoms with van der Waals surface area (Å²) in [4.78, 5) is 9.36. The van der Waals surface area contributed by atoms with E-state index in [1.807, 2.05) is 12.1 Å². The lowest BCUT2D eigenvalue weighted by Crippen LogP contribution is -2.30. The van der Waals surface area contributed by atoms with Crippen molar-refractivity contribution in [1.82, 2.24) is 19.7 Å². The molecule has 0 spiro atoms. The number of hydrogen-bond donors (Lipinski definition) is 3. The number of halogens is 1. The molecule has 0 fully saturated rings. The number of nitrogens with one attached hydrogen (secondary N) is 1. The number of fused-ring (bicyclic) bond motifs is 2. The minimum Gasteiger partial charge on any atom is -0.423 e. The summed E-state index contributed by atoms with van der Waals surface area (Å²) in [6.07, 6.45) is 2.20. The molecule has 8 nitrogen and oxygen atoms in total. The van der Waals surface area contributed by atoms with Crippen LogP contribution in [0.2, 0.25) is 0 Å². The van der Waals surface area contributed by atoms with Crippen LogP contribution in [0.5, 0.6) is 0 Å². The second kappa shape index (κ2) is 8.07. The van der Waals surface area contributed by atoms with Crippen molar-refractivity contribution in [2.75, 3.05) is 11.9 Å². The molecule has 0 radical (unpaired) electrons. The molecule has 1 aliphatic heterocycles. The van der Waals surface area contributed by atoms with E-state index in [4.69, 9.17) is 9.72 Å². The maximum absolute atomic E-state index is 13.5. The van der Waals surface area contributed by atoms with Gasteiger partial charge in [-0.3, -0.25) is 0 Å². The summed E-state index contributed by atoms with van der Waals surface area (Å²) >= 11 is 0. The first kappa shape index (κ1) is 19.6. The van der Waals surface area contributed by atoms with Crippen molar-refractivity contribution in [2.24, 2.45) is 0 Å². The molecule has 0 aliphatic carbocycles. The van der Waals surface area contributed by atoms with Crippen LogP contribution < -0.4 is 10.8 Å². The van der Waals surface area contributed by atoms with Crippen molar-refractivity contribution < 1.29 is 19.2 Å². The lowest BCUT2D eigenvalue weighted by Gasteiger charge is -2.20. The number of nitrogens with zero attached hydrogens (tertiary/aromatic N) is 4. The van der Waals surface area contributed by atoms with Crippen molar-refractivity contribution in [3.8, 4) is 5.95 Å². The highest BCUT2D eigenvalue weighted by Crippen LogP contribution is 2.25. The number of ether oxygens (including phenoxy) is 1. The Morgan fingerprint density at radius 2 is 2.03 bits per heavy atom. The molecular weight excluding hydrogens is 400 g/mol. The van der Waals surface area contributed by atoms with Crippen LogP contribution in [0, 0.1) is 5.82 Å². The monoisotopic (exact) mass is 419 g/mol. The van der Waals surface area contributed by atoms with Crippen LogP contribution in [-0.2, 0) is 24.3 Å². The smallest absolute Gasteiger partial charge is 0.423 e. The van der Waals surface area contributed by atoms with E-state index in [2.05, 4.69) is 15.4 Å². The van der Waals surface area contributed by atoms with Crippen LogP contribution >= 0.6 is 0 Å². The van der Waals surface area contributed by atoms with E-state index in [0.29, 0.717) is 54.3 Å². The highest BCUT2D eigenvalue weighted by Gasteiger charge is 2.22. The normalized spacial score (nSPS) is 13.3. The maximum Gasteiger partial charge on any atom is 0.489 e. The van der Waals surface area contributed by atoms with Gasteiger partial charge in [0, 0.05) is 23.9 Å². The SMILES string of the molecule is OB(O)c1cccc2c1cnn2-c1nc2c(c(NCc3cccc(F)c3)n1)COCC2. The van der Waals surface area contributed by atoms with Gasteiger partial charge in [0.25, 0.3) is 5.95 Å². The van der Waals surface area contributed by atoms with Crippen molar-refractivity contribution in [2.45, 2.75) is 19.6 Å². The summed E-state index contributed by atoms with van der Waals surface area (Å²) in [5, 5.41) is 27.6. The van der Waals surface area contributed by atoms with E-state index in [1.54, 1.807) is 29.1 Å². The first-order valence-electron chi connectivity index (χ1n) is 9.89. The molecule has 10 heteroatoms. The number of hydrogen-bond acceptors (Lipinski definition) is 7. The topological polar surface area (TPSA) is 105 Å². The Hall–Kier alpha value is -3.34. The van der Waals surface area contributed by atoms with Crippen LogP contribution in [0.15, 0.2) is 48.7 Å². The first-order chi connectivity index (χ1) is 15.1. The molecule has 4 aromatic rings. The molecule has 0 atom stereocenters. The third-order valence-electron chi connectivity index (χ3n) is 5.27. The van der Waals surface area contributed by atoms with Gasteiger partial charge in [-0.05, 0) is 29.2 Å². The zero-order chi connectivity index (χ0) is 21.4. The third kappa shape index (κ3) is 3.76.